The number of morpholine rings is 1. The van der Waals surface area contributed by atoms with E-state index in [2.05, 4.69) is 29.7 Å². The molecule has 0 saturated carbocycles. The summed E-state index contributed by atoms with van der Waals surface area (Å²) in [6.07, 6.45) is 5.12. The Morgan fingerprint density at radius 1 is 1.25 bits per heavy atom. The highest BCUT2D eigenvalue weighted by Gasteiger charge is 2.16. The molecule has 24 heavy (non-hydrogen) atoms. The summed E-state index contributed by atoms with van der Waals surface area (Å²) in [5.74, 6) is 1.52. The zero-order chi connectivity index (χ0) is 16.4. The van der Waals surface area contributed by atoms with Gasteiger partial charge >= 0.3 is 0 Å². The predicted octanol–water partition coefficient (Wildman–Crippen LogP) is 0.545. The number of ether oxygens (including phenoxy) is 1. The van der Waals surface area contributed by atoms with Gasteiger partial charge in [0.2, 0.25) is 5.95 Å². The summed E-state index contributed by atoms with van der Waals surface area (Å²) in [4.78, 5) is 27.3. The van der Waals surface area contributed by atoms with Gasteiger partial charge in [-0.2, -0.15) is 0 Å². The van der Waals surface area contributed by atoms with Crippen LogP contribution < -0.4 is 10.2 Å². The lowest BCUT2D eigenvalue weighted by Crippen LogP contribution is -2.37. The van der Waals surface area contributed by atoms with Crippen molar-refractivity contribution < 1.29 is 9.53 Å². The van der Waals surface area contributed by atoms with Crippen molar-refractivity contribution >= 4 is 23.6 Å². The van der Waals surface area contributed by atoms with Crippen LogP contribution in [0.5, 0.6) is 0 Å². The number of thioether (sulfide) groups is 1. The summed E-state index contributed by atoms with van der Waals surface area (Å²) in [5, 5.41) is 3.89. The number of rotatable bonds is 4. The second-order valence-electron chi connectivity index (χ2n) is 5.61. The van der Waals surface area contributed by atoms with Gasteiger partial charge in [-0.3, -0.25) is 4.79 Å². The Hall–Kier alpha value is -2.13. The summed E-state index contributed by atoms with van der Waals surface area (Å²) in [6, 6.07) is 0. The molecule has 2 aliphatic rings. The Morgan fingerprint density at radius 3 is 2.79 bits per heavy atom. The highest BCUT2D eigenvalue weighted by Crippen LogP contribution is 2.24. The fourth-order valence-electron chi connectivity index (χ4n) is 2.68. The molecule has 4 heterocycles. The summed E-state index contributed by atoms with van der Waals surface area (Å²) < 4.78 is 7.43. The van der Waals surface area contributed by atoms with Gasteiger partial charge in [-0.25, -0.2) is 15.0 Å². The van der Waals surface area contributed by atoms with E-state index >= 15 is 0 Å². The molecule has 1 saturated heterocycles. The quantitative estimate of drug-likeness (QED) is 0.865. The Morgan fingerprint density at radius 2 is 2.04 bits per heavy atom. The summed E-state index contributed by atoms with van der Waals surface area (Å²) in [5.41, 5.74) is 1.32. The van der Waals surface area contributed by atoms with E-state index < -0.39 is 0 Å². The molecule has 4 rings (SSSR count). The minimum atomic E-state index is -0.190. The molecule has 0 spiro atoms. The number of aryl methyl sites for hydroxylation is 1. The molecule has 0 radical (unpaired) electrons. The van der Waals surface area contributed by atoms with Crippen molar-refractivity contribution in [3.05, 3.63) is 29.8 Å². The summed E-state index contributed by atoms with van der Waals surface area (Å²) in [6.45, 7) is 4.29. The molecule has 1 fully saturated rings. The monoisotopic (exact) mass is 346 g/mol. The van der Waals surface area contributed by atoms with Crippen molar-refractivity contribution in [3.63, 3.8) is 0 Å². The minimum absolute atomic E-state index is 0.190. The first-order chi connectivity index (χ1) is 11.8. The lowest BCUT2D eigenvalue weighted by molar-refractivity contribution is 0.0949. The van der Waals surface area contributed by atoms with Gasteiger partial charge < -0.3 is 19.5 Å². The highest BCUT2D eigenvalue weighted by atomic mass is 32.2. The normalized spacial score (nSPS) is 16.9. The number of nitrogens with one attached hydrogen (secondary N) is 1. The van der Waals surface area contributed by atoms with Crippen molar-refractivity contribution in [2.24, 2.45) is 0 Å². The molecule has 0 aliphatic carbocycles. The molecule has 8 nitrogen and oxygen atoms in total. The van der Waals surface area contributed by atoms with E-state index in [4.69, 9.17) is 4.74 Å². The number of aromatic nitrogens is 4. The van der Waals surface area contributed by atoms with E-state index in [0.717, 1.165) is 36.2 Å². The second kappa shape index (κ2) is 6.78. The molecule has 126 valence electrons. The van der Waals surface area contributed by atoms with Gasteiger partial charge in [0.15, 0.2) is 5.16 Å². The molecule has 2 aliphatic heterocycles. The fourth-order valence-corrected chi connectivity index (χ4v) is 3.65. The number of amides is 1. The number of hydrogen-bond acceptors (Lipinski definition) is 7. The Kier molecular flexibility index (Phi) is 4.35. The summed E-state index contributed by atoms with van der Waals surface area (Å²) >= 11 is 1.74. The molecule has 1 N–H and O–H groups in total. The van der Waals surface area contributed by atoms with Gasteiger partial charge in [-0.05, 0) is 0 Å². The Labute approximate surface area is 143 Å². The molecule has 0 atom stereocenters. The number of anilines is 1. The van der Waals surface area contributed by atoms with Crippen molar-refractivity contribution in [2.75, 3.05) is 37.0 Å². The Balaban J connectivity index is 1.35. The topological polar surface area (TPSA) is 85.2 Å². The van der Waals surface area contributed by atoms with E-state index in [0.29, 0.717) is 31.3 Å². The standard InChI is InChI=1S/C15H18N6O2S/c22-13(16-9-12-10-21-3-6-24-15(21)19-12)11-7-17-14(18-8-11)20-1-4-23-5-2-20/h7-8,10H,1-6,9H2,(H,16,22). The summed E-state index contributed by atoms with van der Waals surface area (Å²) in [7, 11) is 0. The van der Waals surface area contributed by atoms with Crippen LogP contribution in [-0.4, -0.2) is 57.5 Å². The zero-order valence-electron chi connectivity index (χ0n) is 13.1. The van der Waals surface area contributed by atoms with E-state index in [1.807, 2.05) is 6.20 Å². The van der Waals surface area contributed by atoms with Gasteiger partial charge in [0.25, 0.3) is 5.91 Å². The second-order valence-corrected chi connectivity index (χ2v) is 6.67. The van der Waals surface area contributed by atoms with Crippen LogP contribution in [0.25, 0.3) is 0 Å². The molecule has 2 aromatic heterocycles. The third-order valence-corrected chi connectivity index (χ3v) is 4.95. The molecule has 0 bridgehead atoms. The van der Waals surface area contributed by atoms with Crippen LogP contribution >= 0.6 is 11.8 Å². The third-order valence-electron chi connectivity index (χ3n) is 3.98. The first-order valence-electron chi connectivity index (χ1n) is 7.91. The van der Waals surface area contributed by atoms with Crippen molar-refractivity contribution in [1.82, 2.24) is 24.8 Å². The number of imidazole rings is 1. The van der Waals surface area contributed by atoms with Gasteiger partial charge in [0.1, 0.15) is 0 Å². The maximum Gasteiger partial charge on any atom is 0.254 e. The maximum absolute atomic E-state index is 12.2. The molecule has 1 amide bonds. The lowest BCUT2D eigenvalue weighted by Gasteiger charge is -2.26. The smallest absolute Gasteiger partial charge is 0.254 e. The number of carbonyl (C=O) groups is 1. The van der Waals surface area contributed by atoms with Crippen LogP contribution in [0.15, 0.2) is 23.7 Å². The van der Waals surface area contributed by atoms with E-state index in [9.17, 15) is 4.79 Å². The van der Waals surface area contributed by atoms with Crippen molar-refractivity contribution in [3.8, 4) is 0 Å². The van der Waals surface area contributed by atoms with Gasteiger partial charge in [0, 0.05) is 44.0 Å². The van der Waals surface area contributed by atoms with Crippen LogP contribution in [0.4, 0.5) is 5.95 Å². The molecule has 0 aromatic carbocycles. The first kappa shape index (κ1) is 15.4. The predicted molar refractivity (Wildman–Crippen MR) is 89.2 cm³/mol. The number of nitrogens with zero attached hydrogens (tertiary/aromatic N) is 5. The number of carbonyl (C=O) groups excluding carboxylic acids is 1. The average Bonchev–Trinajstić information content (AvgIpc) is 3.22. The van der Waals surface area contributed by atoms with Gasteiger partial charge in [0.05, 0.1) is 31.0 Å². The van der Waals surface area contributed by atoms with Gasteiger partial charge in [-0.1, -0.05) is 11.8 Å². The van der Waals surface area contributed by atoms with Crippen LogP contribution in [0, 0.1) is 0 Å². The largest absolute Gasteiger partial charge is 0.378 e. The number of fused-ring (bicyclic) bond motifs is 1. The average molecular weight is 346 g/mol. The minimum Gasteiger partial charge on any atom is -0.378 e. The van der Waals surface area contributed by atoms with E-state index in [1.165, 1.54) is 0 Å². The maximum atomic E-state index is 12.2. The molecule has 9 heteroatoms. The van der Waals surface area contributed by atoms with Gasteiger partial charge in [-0.15, -0.1) is 0 Å². The van der Waals surface area contributed by atoms with Crippen LogP contribution in [0.1, 0.15) is 16.1 Å². The number of hydrogen-bond donors (Lipinski definition) is 1. The van der Waals surface area contributed by atoms with Crippen LogP contribution in [-0.2, 0) is 17.8 Å². The molecule has 0 unspecified atom stereocenters. The molecular formula is C15H18N6O2S. The van der Waals surface area contributed by atoms with E-state index in [-0.39, 0.29) is 5.91 Å². The Bertz CT molecular complexity index is 705. The van der Waals surface area contributed by atoms with E-state index in [1.54, 1.807) is 24.2 Å². The lowest BCUT2D eigenvalue weighted by atomic mass is 10.3. The third kappa shape index (κ3) is 3.22. The fraction of sp³-hybridized carbons (Fsp3) is 0.467. The first-order valence-corrected chi connectivity index (χ1v) is 8.90. The van der Waals surface area contributed by atoms with Crippen LogP contribution in [0.2, 0.25) is 0 Å². The molecular weight excluding hydrogens is 328 g/mol. The molecule has 2 aromatic rings. The van der Waals surface area contributed by atoms with Crippen molar-refractivity contribution in [2.45, 2.75) is 18.2 Å². The highest BCUT2D eigenvalue weighted by molar-refractivity contribution is 7.99. The zero-order valence-corrected chi connectivity index (χ0v) is 14.0. The van der Waals surface area contributed by atoms with Crippen molar-refractivity contribution in [1.29, 1.82) is 0 Å². The SMILES string of the molecule is O=C(NCc1cn2c(n1)SCC2)c1cnc(N2CCOCC2)nc1. The van der Waals surface area contributed by atoms with Crippen LogP contribution in [0.3, 0.4) is 0 Å².